The third kappa shape index (κ3) is 4.23. The molecule has 0 amide bonds. The summed E-state index contributed by atoms with van der Waals surface area (Å²) in [5, 5.41) is 0. The van der Waals surface area contributed by atoms with Gasteiger partial charge >= 0.3 is 5.97 Å². The van der Waals surface area contributed by atoms with E-state index in [4.69, 9.17) is 4.74 Å². The standard InChI is InChI=1S/C18H20O2/c1-14-8-10-17(11-9-14)15(2)12-18(19)20-13-16-6-4-3-5-7-16/h3-11,15H,12-13H2,1-2H3. The summed E-state index contributed by atoms with van der Waals surface area (Å²) in [7, 11) is 0. The molecule has 104 valence electrons. The van der Waals surface area contributed by atoms with Gasteiger partial charge in [-0.1, -0.05) is 67.1 Å². The normalized spacial score (nSPS) is 11.9. The zero-order valence-corrected chi connectivity index (χ0v) is 12.0. The van der Waals surface area contributed by atoms with Gasteiger partial charge in [0.05, 0.1) is 6.42 Å². The molecule has 20 heavy (non-hydrogen) atoms. The molecule has 0 aromatic heterocycles. The molecule has 0 aliphatic rings. The van der Waals surface area contributed by atoms with Crippen LogP contribution in [0.4, 0.5) is 0 Å². The lowest BCUT2D eigenvalue weighted by molar-refractivity contribution is -0.145. The fourth-order valence-electron chi connectivity index (χ4n) is 2.06. The maximum atomic E-state index is 11.8. The largest absolute Gasteiger partial charge is 0.461 e. The van der Waals surface area contributed by atoms with Crippen molar-refractivity contribution in [2.75, 3.05) is 0 Å². The molecule has 1 unspecified atom stereocenters. The summed E-state index contributed by atoms with van der Waals surface area (Å²) in [6.07, 6.45) is 0.413. The highest BCUT2D eigenvalue weighted by molar-refractivity contribution is 5.70. The molecule has 2 aromatic rings. The van der Waals surface area contributed by atoms with Crippen LogP contribution in [0.2, 0.25) is 0 Å². The van der Waals surface area contributed by atoms with Crippen LogP contribution >= 0.6 is 0 Å². The molecule has 0 N–H and O–H groups in total. The van der Waals surface area contributed by atoms with Crippen LogP contribution in [0.15, 0.2) is 54.6 Å². The Morgan fingerprint density at radius 3 is 2.35 bits per heavy atom. The SMILES string of the molecule is Cc1ccc(C(C)CC(=O)OCc2ccccc2)cc1. The molecule has 0 fully saturated rings. The van der Waals surface area contributed by atoms with Gasteiger partial charge in [-0.3, -0.25) is 4.79 Å². The first-order valence-electron chi connectivity index (χ1n) is 6.91. The first-order valence-corrected chi connectivity index (χ1v) is 6.91. The Balaban J connectivity index is 1.83. The summed E-state index contributed by atoms with van der Waals surface area (Å²) in [6.45, 7) is 4.46. The number of aryl methyl sites for hydroxylation is 1. The Kier molecular flexibility index (Phi) is 4.94. The van der Waals surface area contributed by atoms with Crippen LogP contribution in [0.5, 0.6) is 0 Å². The summed E-state index contributed by atoms with van der Waals surface area (Å²) in [5.41, 5.74) is 3.42. The smallest absolute Gasteiger partial charge is 0.306 e. The first-order chi connectivity index (χ1) is 9.65. The van der Waals surface area contributed by atoms with Crippen molar-refractivity contribution in [1.29, 1.82) is 0 Å². The molecule has 0 aliphatic carbocycles. The molecule has 1 atom stereocenters. The van der Waals surface area contributed by atoms with Crippen molar-refractivity contribution in [1.82, 2.24) is 0 Å². The van der Waals surface area contributed by atoms with Crippen molar-refractivity contribution in [2.24, 2.45) is 0 Å². The van der Waals surface area contributed by atoms with E-state index in [1.54, 1.807) is 0 Å². The maximum Gasteiger partial charge on any atom is 0.306 e. The molecule has 0 bridgehead atoms. The second-order valence-electron chi connectivity index (χ2n) is 5.16. The van der Waals surface area contributed by atoms with E-state index < -0.39 is 0 Å². The van der Waals surface area contributed by atoms with Crippen molar-refractivity contribution < 1.29 is 9.53 Å². The van der Waals surface area contributed by atoms with Crippen LogP contribution in [-0.4, -0.2) is 5.97 Å². The number of benzene rings is 2. The number of ether oxygens (including phenoxy) is 1. The third-order valence-corrected chi connectivity index (χ3v) is 3.36. The van der Waals surface area contributed by atoms with Crippen LogP contribution < -0.4 is 0 Å². The second kappa shape index (κ2) is 6.90. The minimum absolute atomic E-state index is 0.151. The molecule has 0 aliphatic heterocycles. The average Bonchev–Trinajstić information content (AvgIpc) is 2.47. The zero-order valence-electron chi connectivity index (χ0n) is 12.0. The van der Waals surface area contributed by atoms with Crippen LogP contribution in [0.1, 0.15) is 36.0 Å². The van der Waals surface area contributed by atoms with Crippen molar-refractivity contribution in [3.8, 4) is 0 Å². The topological polar surface area (TPSA) is 26.3 Å². The first kappa shape index (κ1) is 14.3. The number of carbonyl (C=O) groups is 1. The second-order valence-corrected chi connectivity index (χ2v) is 5.16. The van der Waals surface area contributed by atoms with E-state index >= 15 is 0 Å². The van der Waals surface area contributed by atoms with Gasteiger partial charge in [-0.2, -0.15) is 0 Å². The van der Waals surface area contributed by atoms with E-state index in [0.717, 1.165) is 5.56 Å². The van der Waals surface area contributed by atoms with E-state index in [1.165, 1.54) is 11.1 Å². The molecule has 0 spiro atoms. The third-order valence-electron chi connectivity index (χ3n) is 3.36. The van der Waals surface area contributed by atoms with E-state index in [0.29, 0.717) is 13.0 Å². The number of esters is 1. The van der Waals surface area contributed by atoms with Gasteiger partial charge in [0.25, 0.3) is 0 Å². The van der Waals surface area contributed by atoms with Crippen molar-refractivity contribution in [2.45, 2.75) is 32.8 Å². The molecule has 2 rings (SSSR count). The molecule has 0 saturated carbocycles. The van der Waals surface area contributed by atoms with Gasteiger partial charge in [0.15, 0.2) is 0 Å². The fourth-order valence-corrected chi connectivity index (χ4v) is 2.06. The highest BCUT2D eigenvalue weighted by Crippen LogP contribution is 2.20. The number of hydrogen-bond donors (Lipinski definition) is 0. The van der Waals surface area contributed by atoms with Crippen LogP contribution in [0.3, 0.4) is 0 Å². The summed E-state index contributed by atoms with van der Waals surface area (Å²) in [6, 6.07) is 18.0. The number of hydrogen-bond acceptors (Lipinski definition) is 2. The van der Waals surface area contributed by atoms with Gasteiger partial charge < -0.3 is 4.74 Å². The average molecular weight is 268 g/mol. The lowest BCUT2D eigenvalue weighted by Gasteiger charge is -2.12. The molecule has 0 radical (unpaired) electrons. The molecule has 0 heterocycles. The van der Waals surface area contributed by atoms with Gasteiger partial charge in [0, 0.05) is 0 Å². The van der Waals surface area contributed by atoms with Crippen molar-refractivity contribution in [3.05, 3.63) is 71.3 Å². The Labute approximate surface area is 120 Å². The minimum atomic E-state index is -0.151. The van der Waals surface area contributed by atoms with Gasteiger partial charge in [-0.15, -0.1) is 0 Å². The van der Waals surface area contributed by atoms with Gasteiger partial charge in [-0.05, 0) is 24.0 Å². The molecule has 2 heteroatoms. The Morgan fingerprint density at radius 1 is 1.05 bits per heavy atom. The van der Waals surface area contributed by atoms with Crippen molar-refractivity contribution >= 4 is 5.97 Å². The summed E-state index contributed by atoms with van der Waals surface area (Å²) < 4.78 is 5.31. The number of rotatable bonds is 5. The van der Waals surface area contributed by atoms with Crippen molar-refractivity contribution in [3.63, 3.8) is 0 Å². The summed E-state index contributed by atoms with van der Waals surface area (Å²) in [4.78, 5) is 11.8. The van der Waals surface area contributed by atoms with E-state index in [9.17, 15) is 4.79 Å². The number of carbonyl (C=O) groups excluding carboxylic acids is 1. The predicted molar refractivity (Wildman–Crippen MR) is 80.4 cm³/mol. The molecular weight excluding hydrogens is 248 g/mol. The minimum Gasteiger partial charge on any atom is -0.461 e. The predicted octanol–water partition coefficient (Wildman–Crippen LogP) is 4.23. The van der Waals surface area contributed by atoms with Crippen LogP contribution in [0, 0.1) is 6.92 Å². The van der Waals surface area contributed by atoms with E-state index in [2.05, 4.69) is 38.1 Å². The Morgan fingerprint density at radius 2 is 1.70 bits per heavy atom. The lowest BCUT2D eigenvalue weighted by Crippen LogP contribution is -2.08. The van der Waals surface area contributed by atoms with Gasteiger partial charge in [0.1, 0.15) is 6.61 Å². The Hall–Kier alpha value is -2.09. The Bertz CT molecular complexity index is 543. The fraction of sp³-hybridized carbons (Fsp3) is 0.278. The highest BCUT2D eigenvalue weighted by Gasteiger charge is 2.12. The highest BCUT2D eigenvalue weighted by atomic mass is 16.5. The zero-order chi connectivity index (χ0) is 14.4. The quantitative estimate of drug-likeness (QED) is 0.758. The molecular formula is C18H20O2. The van der Waals surface area contributed by atoms with E-state index in [-0.39, 0.29) is 11.9 Å². The summed E-state index contributed by atoms with van der Waals surface area (Å²) in [5.74, 6) is 0.0285. The summed E-state index contributed by atoms with van der Waals surface area (Å²) >= 11 is 0. The van der Waals surface area contributed by atoms with Gasteiger partial charge in [0.2, 0.25) is 0 Å². The molecule has 2 nitrogen and oxygen atoms in total. The van der Waals surface area contributed by atoms with Crippen LogP contribution in [0.25, 0.3) is 0 Å². The maximum absolute atomic E-state index is 11.8. The lowest BCUT2D eigenvalue weighted by atomic mass is 9.97. The van der Waals surface area contributed by atoms with E-state index in [1.807, 2.05) is 30.3 Å². The molecule has 0 saturated heterocycles. The van der Waals surface area contributed by atoms with Gasteiger partial charge in [-0.25, -0.2) is 0 Å². The van der Waals surface area contributed by atoms with Crippen LogP contribution in [-0.2, 0) is 16.1 Å². The molecule has 2 aromatic carbocycles. The monoisotopic (exact) mass is 268 g/mol.